The van der Waals surface area contributed by atoms with Crippen LogP contribution >= 0.6 is 0 Å². The zero-order valence-electron chi connectivity index (χ0n) is 18.5. The summed E-state index contributed by atoms with van der Waals surface area (Å²) in [7, 11) is 8.08. The molecule has 0 radical (unpaired) electrons. The molecule has 0 aromatic heterocycles. The maximum atomic E-state index is 13.8. The summed E-state index contributed by atoms with van der Waals surface area (Å²) in [6.07, 6.45) is 0. The van der Waals surface area contributed by atoms with Crippen molar-refractivity contribution in [2.24, 2.45) is 0 Å². The molecule has 0 aliphatic heterocycles. The van der Waals surface area contributed by atoms with Crippen LogP contribution in [-0.4, -0.2) is 34.0 Å². The van der Waals surface area contributed by atoms with E-state index in [9.17, 15) is 4.79 Å². The van der Waals surface area contributed by atoms with Crippen molar-refractivity contribution in [3.8, 4) is 0 Å². The van der Waals surface area contributed by atoms with E-state index in [0.29, 0.717) is 0 Å². The molecular weight excluding hydrogens is 380 g/mol. The maximum absolute atomic E-state index is 13.8. The van der Waals surface area contributed by atoms with E-state index in [1.165, 1.54) is 0 Å². The zero-order valence-corrected chi connectivity index (χ0v) is 18.5. The molecule has 0 fully saturated rings. The van der Waals surface area contributed by atoms with Crippen LogP contribution in [-0.2, 0) is 0 Å². The number of carbonyl (C=O) groups excluding carboxylic acids is 1. The standard InChI is InChI=1S/C28H28N2O/c1-29(2)25-15-11-21(12-16-25)27(22-13-17-26(18-14-22)30(3)4)28(31)24-10-9-20-7-5-6-8-23(20)19-24/h5-19,27H,1-4H3. The first-order valence-electron chi connectivity index (χ1n) is 10.5. The Morgan fingerprint density at radius 3 is 1.58 bits per heavy atom. The molecule has 4 aromatic rings. The van der Waals surface area contributed by atoms with Crippen molar-refractivity contribution in [2.45, 2.75) is 5.92 Å². The summed E-state index contributed by atoms with van der Waals surface area (Å²) in [6.45, 7) is 0. The quantitative estimate of drug-likeness (QED) is 0.366. The van der Waals surface area contributed by atoms with Crippen LogP contribution in [0.5, 0.6) is 0 Å². The fraction of sp³-hybridized carbons (Fsp3) is 0.179. The topological polar surface area (TPSA) is 23.6 Å². The smallest absolute Gasteiger partial charge is 0.174 e. The van der Waals surface area contributed by atoms with Gasteiger partial charge in [-0.15, -0.1) is 0 Å². The Kier molecular flexibility index (Phi) is 5.77. The molecule has 0 spiro atoms. The lowest BCUT2D eigenvalue weighted by molar-refractivity contribution is 0.0974. The van der Waals surface area contributed by atoms with E-state index in [2.05, 4.69) is 70.5 Å². The average Bonchev–Trinajstić information content (AvgIpc) is 2.79. The van der Waals surface area contributed by atoms with E-state index < -0.39 is 0 Å². The van der Waals surface area contributed by atoms with Gasteiger partial charge in [0.15, 0.2) is 5.78 Å². The van der Waals surface area contributed by atoms with Crippen LogP contribution in [0.25, 0.3) is 10.8 Å². The molecule has 4 rings (SSSR count). The van der Waals surface area contributed by atoms with Gasteiger partial charge in [-0.2, -0.15) is 0 Å². The molecule has 0 saturated carbocycles. The minimum absolute atomic E-state index is 0.112. The predicted octanol–water partition coefficient (Wildman–Crippen LogP) is 5.99. The molecule has 4 aromatic carbocycles. The zero-order chi connectivity index (χ0) is 22.0. The van der Waals surface area contributed by atoms with Gasteiger partial charge in [0.2, 0.25) is 0 Å². The summed E-state index contributed by atoms with van der Waals surface area (Å²) >= 11 is 0. The van der Waals surface area contributed by atoms with E-state index in [1.54, 1.807) is 0 Å². The van der Waals surface area contributed by atoms with E-state index in [1.807, 2.05) is 58.5 Å². The van der Waals surface area contributed by atoms with Crippen LogP contribution in [0, 0.1) is 0 Å². The number of nitrogens with zero attached hydrogens (tertiary/aromatic N) is 2. The Morgan fingerprint density at radius 2 is 1.10 bits per heavy atom. The van der Waals surface area contributed by atoms with Crippen molar-refractivity contribution in [1.29, 1.82) is 0 Å². The number of fused-ring (bicyclic) bond motifs is 1. The molecule has 0 bridgehead atoms. The fourth-order valence-electron chi connectivity index (χ4n) is 3.93. The number of benzene rings is 4. The van der Waals surface area contributed by atoms with Crippen molar-refractivity contribution in [3.63, 3.8) is 0 Å². The largest absolute Gasteiger partial charge is 0.378 e. The number of carbonyl (C=O) groups is 1. The summed E-state index contributed by atoms with van der Waals surface area (Å²) in [4.78, 5) is 17.9. The number of Topliss-reactive ketones (excluding diaryl/α,β-unsaturated/α-hetero) is 1. The molecule has 156 valence electrons. The minimum Gasteiger partial charge on any atom is -0.378 e. The third-order valence-corrected chi connectivity index (χ3v) is 5.78. The van der Waals surface area contributed by atoms with Crippen LogP contribution in [0.3, 0.4) is 0 Å². The van der Waals surface area contributed by atoms with Gasteiger partial charge in [-0.05, 0) is 52.2 Å². The predicted molar refractivity (Wildman–Crippen MR) is 132 cm³/mol. The van der Waals surface area contributed by atoms with Gasteiger partial charge in [0, 0.05) is 45.1 Å². The summed E-state index contributed by atoms with van der Waals surface area (Å²) < 4.78 is 0. The van der Waals surface area contributed by atoms with Gasteiger partial charge >= 0.3 is 0 Å². The van der Waals surface area contributed by atoms with Gasteiger partial charge in [-0.3, -0.25) is 4.79 Å². The molecule has 3 heteroatoms. The van der Waals surface area contributed by atoms with E-state index >= 15 is 0 Å². The minimum atomic E-state index is -0.353. The monoisotopic (exact) mass is 408 g/mol. The number of ketones is 1. The van der Waals surface area contributed by atoms with Gasteiger partial charge in [-0.25, -0.2) is 0 Å². The molecule has 0 saturated heterocycles. The maximum Gasteiger partial charge on any atom is 0.174 e. The summed E-state index contributed by atoms with van der Waals surface area (Å²) in [5.74, 6) is -0.241. The summed E-state index contributed by atoms with van der Waals surface area (Å²) in [5.41, 5.74) is 4.96. The molecule has 31 heavy (non-hydrogen) atoms. The second kappa shape index (κ2) is 8.65. The lowest BCUT2D eigenvalue weighted by Crippen LogP contribution is -2.16. The Bertz CT molecular complexity index is 1140. The first-order chi connectivity index (χ1) is 14.9. The Morgan fingerprint density at radius 1 is 0.613 bits per heavy atom. The second-order valence-corrected chi connectivity index (χ2v) is 8.33. The molecule has 0 heterocycles. The Hall–Kier alpha value is -3.59. The van der Waals surface area contributed by atoms with Gasteiger partial charge in [0.1, 0.15) is 0 Å². The van der Waals surface area contributed by atoms with Crippen LogP contribution in [0.1, 0.15) is 27.4 Å². The molecule has 3 nitrogen and oxygen atoms in total. The SMILES string of the molecule is CN(C)c1ccc(C(C(=O)c2ccc3ccccc3c2)c2ccc(N(C)C)cc2)cc1. The average molecular weight is 409 g/mol. The third-order valence-electron chi connectivity index (χ3n) is 5.78. The van der Waals surface area contributed by atoms with Gasteiger partial charge in [-0.1, -0.05) is 60.7 Å². The highest BCUT2D eigenvalue weighted by atomic mass is 16.1. The highest BCUT2D eigenvalue weighted by Crippen LogP contribution is 2.32. The Balaban J connectivity index is 1.79. The van der Waals surface area contributed by atoms with E-state index in [0.717, 1.165) is 38.8 Å². The first-order valence-corrected chi connectivity index (χ1v) is 10.5. The first kappa shape index (κ1) is 20.7. The molecule has 0 atom stereocenters. The van der Waals surface area contributed by atoms with Crippen molar-refractivity contribution in [3.05, 3.63) is 108 Å². The highest BCUT2D eigenvalue weighted by molar-refractivity contribution is 6.05. The molecule has 0 amide bonds. The van der Waals surface area contributed by atoms with Gasteiger partial charge in [0.25, 0.3) is 0 Å². The molecule has 0 N–H and O–H groups in total. The molecule has 0 aliphatic carbocycles. The normalized spacial score (nSPS) is 11.0. The lowest BCUT2D eigenvalue weighted by atomic mass is 9.84. The van der Waals surface area contributed by atoms with Gasteiger partial charge in [0.05, 0.1) is 5.92 Å². The number of hydrogen-bond acceptors (Lipinski definition) is 3. The third kappa shape index (κ3) is 4.31. The van der Waals surface area contributed by atoms with Crippen molar-refractivity contribution in [2.75, 3.05) is 38.0 Å². The van der Waals surface area contributed by atoms with Crippen LogP contribution in [0.15, 0.2) is 91.0 Å². The van der Waals surface area contributed by atoms with Crippen LogP contribution < -0.4 is 9.80 Å². The van der Waals surface area contributed by atoms with E-state index in [4.69, 9.17) is 0 Å². The van der Waals surface area contributed by atoms with Crippen LogP contribution in [0.2, 0.25) is 0 Å². The van der Waals surface area contributed by atoms with E-state index in [-0.39, 0.29) is 11.7 Å². The molecular formula is C28H28N2O. The number of rotatable bonds is 6. The summed E-state index contributed by atoms with van der Waals surface area (Å²) in [5, 5.41) is 2.22. The lowest BCUT2D eigenvalue weighted by Gasteiger charge is -2.20. The Labute approximate surface area is 184 Å². The highest BCUT2D eigenvalue weighted by Gasteiger charge is 2.24. The second-order valence-electron chi connectivity index (χ2n) is 8.33. The summed E-state index contributed by atoms with van der Waals surface area (Å²) in [6, 6.07) is 30.7. The molecule has 0 aliphatic rings. The number of hydrogen-bond donors (Lipinski definition) is 0. The number of anilines is 2. The molecule has 0 unspecified atom stereocenters. The van der Waals surface area contributed by atoms with Crippen molar-refractivity contribution >= 4 is 27.9 Å². The van der Waals surface area contributed by atoms with Crippen molar-refractivity contribution in [1.82, 2.24) is 0 Å². The van der Waals surface area contributed by atoms with Crippen molar-refractivity contribution < 1.29 is 4.79 Å². The van der Waals surface area contributed by atoms with Gasteiger partial charge < -0.3 is 9.80 Å². The van der Waals surface area contributed by atoms with Crippen LogP contribution in [0.4, 0.5) is 11.4 Å². The fourth-order valence-corrected chi connectivity index (χ4v) is 3.93.